The van der Waals surface area contributed by atoms with Crippen LogP contribution in [0.3, 0.4) is 0 Å². The molecule has 0 saturated carbocycles. The maximum absolute atomic E-state index is 11.6. The summed E-state index contributed by atoms with van der Waals surface area (Å²) < 4.78 is 5.15. The van der Waals surface area contributed by atoms with E-state index in [1.54, 1.807) is 0 Å². The maximum Gasteiger partial charge on any atom is 0.222 e. The molecule has 4 nitrogen and oxygen atoms in total. The average molecular weight is 228 g/mol. The summed E-state index contributed by atoms with van der Waals surface area (Å²) in [5.41, 5.74) is 0. The number of carbonyl (C=O) groups excluding carboxylic acids is 1. The van der Waals surface area contributed by atoms with Crippen molar-refractivity contribution in [2.24, 2.45) is 0 Å². The highest BCUT2D eigenvalue weighted by Gasteiger charge is 2.20. The number of carbonyl (C=O) groups is 1. The Bertz CT molecular complexity index is 203. The van der Waals surface area contributed by atoms with Crippen LogP contribution in [-0.2, 0) is 9.53 Å². The van der Waals surface area contributed by atoms with Crippen LogP contribution in [0.15, 0.2) is 0 Å². The summed E-state index contributed by atoms with van der Waals surface area (Å²) in [6.45, 7) is 6.28. The fourth-order valence-electron chi connectivity index (χ4n) is 2.04. The van der Waals surface area contributed by atoms with E-state index in [0.717, 1.165) is 13.0 Å². The standard InChI is InChI=1S/C12H24N2O2/c1-3-16-9-7-12(15)14-10(2)11-6-4-5-8-13-11/h10-11,13H,3-9H2,1-2H3,(H,14,15). The first-order valence-corrected chi connectivity index (χ1v) is 6.34. The fourth-order valence-corrected chi connectivity index (χ4v) is 2.04. The van der Waals surface area contributed by atoms with Crippen molar-refractivity contribution in [2.75, 3.05) is 19.8 Å². The van der Waals surface area contributed by atoms with Crippen molar-refractivity contribution in [3.05, 3.63) is 0 Å². The summed E-state index contributed by atoms with van der Waals surface area (Å²) in [6, 6.07) is 0.652. The van der Waals surface area contributed by atoms with Gasteiger partial charge in [0, 0.05) is 25.1 Å². The van der Waals surface area contributed by atoms with Crippen LogP contribution in [0, 0.1) is 0 Å². The Morgan fingerprint density at radius 3 is 3.00 bits per heavy atom. The van der Waals surface area contributed by atoms with E-state index < -0.39 is 0 Å². The molecule has 0 aromatic carbocycles. The minimum atomic E-state index is 0.0910. The van der Waals surface area contributed by atoms with Crippen molar-refractivity contribution in [1.29, 1.82) is 0 Å². The largest absolute Gasteiger partial charge is 0.381 e. The third-order valence-electron chi connectivity index (χ3n) is 3.02. The molecular formula is C12H24N2O2. The van der Waals surface area contributed by atoms with Gasteiger partial charge in [-0.25, -0.2) is 0 Å². The summed E-state index contributed by atoms with van der Waals surface area (Å²) in [4.78, 5) is 11.6. The van der Waals surface area contributed by atoms with Gasteiger partial charge in [-0.2, -0.15) is 0 Å². The topological polar surface area (TPSA) is 50.4 Å². The predicted molar refractivity (Wildman–Crippen MR) is 64.4 cm³/mol. The molecule has 1 saturated heterocycles. The lowest BCUT2D eigenvalue weighted by molar-refractivity contribution is -0.122. The minimum absolute atomic E-state index is 0.0910. The van der Waals surface area contributed by atoms with E-state index in [2.05, 4.69) is 17.6 Å². The second kappa shape index (κ2) is 7.63. The van der Waals surface area contributed by atoms with Gasteiger partial charge in [0.1, 0.15) is 0 Å². The molecule has 94 valence electrons. The van der Waals surface area contributed by atoms with E-state index in [9.17, 15) is 4.79 Å². The van der Waals surface area contributed by atoms with Gasteiger partial charge in [0.2, 0.25) is 5.91 Å². The Labute approximate surface area is 98.1 Å². The molecule has 2 N–H and O–H groups in total. The number of nitrogens with one attached hydrogen (secondary N) is 2. The molecule has 0 bridgehead atoms. The molecule has 1 rings (SSSR count). The lowest BCUT2D eigenvalue weighted by atomic mass is 9.99. The van der Waals surface area contributed by atoms with E-state index in [-0.39, 0.29) is 11.9 Å². The molecule has 1 heterocycles. The number of rotatable bonds is 6. The number of hydrogen-bond donors (Lipinski definition) is 2. The Hall–Kier alpha value is -0.610. The van der Waals surface area contributed by atoms with Crippen LogP contribution in [0.25, 0.3) is 0 Å². The number of amides is 1. The van der Waals surface area contributed by atoms with Crippen LogP contribution in [0.1, 0.15) is 39.5 Å². The molecule has 0 spiro atoms. The smallest absolute Gasteiger partial charge is 0.222 e. The average Bonchev–Trinajstić information content (AvgIpc) is 2.30. The normalized spacial score (nSPS) is 22.8. The summed E-state index contributed by atoms with van der Waals surface area (Å²) in [6.07, 6.45) is 4.14. The third-order valence-corrected chi connectivity index (χ3v) is 3.02. The third kappa shape index (κ3) is 4.94. The van der Waals surface area contributed by atoms with Crippen molar-refractivity contribution in [2.45, 2.75) is 51.6 Å². The van der Waals surface area contributed by atoms with Gasteiger partial charge in [0.25, 0.3) is 0 Å². The molecule has 16 heavy (non-hydrogen) atoms. The Kier molecular flexibility index (Phi) is 6.42. The zero-order valence-electron chi connectivity index (χ0n) is 10.4. The molecule has 2 atom stereocenters. The van der Waals surface area contributed by atoms with Gasteiger partial charge in [-0.05, 0) is 33.2 Å². The zero-order valence-corrected chi connectivity index (χ0v) is 10.4. The molecule has 1 fully saturated rings. The lowest BCUT2D eigenvalue weighted by Crippen LogP contribution is -2.50. The Morgan fingerprint density at radius 1 is 1.56 bits per heavy atom. The Morgan fingerprint density at radius 2 is 2.38 bits per heavy atom. The summed E-state index contributed by atoms with van der Waals surface area (Å²) in [7, 11) is 0. The van der Waals surface area contributed by atoms with Crippen LogP contribution < -0.4 is 10.6 Å². The van der Waals surface area contributed by atoms with E-state index in [1.165, 1.54) is 12.8 Å². The van der Waals surface area contributed by atoms with E-state index in [0.29, 0.717) is 25.7 Å². The van der Waals surface area contributed by atoms with Gasteiger partial charge < -0.3 is 15.4 Å². The molecule has 0 aliphatic carbocycles. The van der Waals surface area contributed by atoms with E-state index in [4.69, 9.17) is 4.74 Å². The fraction of sp³-hybridized carbons (Fsp3) is 0.917. The summed E-state index contributed by atoms with van der Waals surface area (Å²) in [5, 5.41) is 6.47. The number of hydrogen-bond acceptors (Lipinski definition) is 3. The molecule has 1 amide bonds. The van der Waals surface area contributed by atoms with Crippen molar-refractivity contribution >= 4 is 5.91 Å². The Balaban J connectivity index is 2.16. The molecule has 1 aliphatic rings. The molecule has 0 aromatic heterocycles. The SMILES string of the molecule is CCOCCC(=O)NC(C)C1CCCCN1. The molecule has 4 heteroatoms. The first-order chi connectivity index (χ1) is 7.74. The van der Waals surface area contributed by atoms with Crippen LogP contribution in [0.2, 0.25) is 0 Å². The molecule has 1 aliphatic heterocycles. The lowest BCUT2D eigenvalue weighted by Gasteiger charge is -2.29. The highest BCUT2D eigenvalue weighted by molar-refractivity contribution is 5.76. The predicted octanol–water partition coefficient (Wildman–Crippen LogP) is 1.06. The van der Waals surface area contributed by atoms with Crippen molar-refractivity contribution in [1.82, 2.24) is 10.6 Å². The van der Waals surface area contributed by atoms with Crippen molar-refractivity contribution in [3.63, 3.8) is 0 Å². The molecule has 2 unspecified atom stereocenters. The highest BCUT2D eigenvalue weighted by atomic mass is 16.5. The molecular weight excluding hydrogens is 204 g/mol. The molecule has 0 aromatic rings. The van der Waals surface area contributed by atoms with Crippen LogP contribution in [0.4, 0.5) is 0 Å². The second-order valence-electron chi connectivity index (χ2n) is 4.36. The number of piperidine rings is 1. The summed E-state index contributed by atoms with van der Waals surface area (Å²) >= 11 is 0. The van der Waals surface area contributed by atoms with Crippen molar-refractivity contribution < 1.29 is 9.53 Å². The van der Waals surface area contributed by atoms with Gasteiger partial charge in [-0.3, -0.25) is 4.79 Å². The van der Waals surface area contributed by atoms with Gasteiger partial charge in [-0.15, -0.1) is 0 Å². The monoisotopic (exact) mass is 228 g/mol. The van der Waals surface area contributed by atoms with E-state index >= 15 is 0 Å². The molecule has 0 radical (unpaired) electrons. The van der Waals surface area contributed by atoms with Gasteiger partial charge in [-0.1, -0.05) is 6.42 Å². The van der Waals surface area contributed by atoms with E-state index in [1.807, 2.05) is 6.92 Å². The number of ether oxygens (including phenoxy) is 1. The first-order valence-electron chi connectivity index (χ1n) is 6.34. The maximum atomic E-state index is 11.6. The van der Waals surface area contributed by atoms with Crippen LogP contribution in [-0.4, -0.2) is 37.7 Å². The summed E-state index contributed by atoms with van der Waals surface area (Å²) in [5.74, 6) is 0.0910. The van der Waals surface area contributed by atoms with Gasteiger partial charge in [0.15, 0.2) is 0 Å². The van der Waals surface area contributed by atoms with Crippen LogP contribution >= 0.6 is 0 Å². The van der Waals surface area contributed by atoms with Gasteiger partial charge >= 0.3 is 0 Å². The zero-order chi connectivity index (χ0) is 11.8. The van der Waals surface area contributed by atoms with Crippen molar-refractivity contribution in [3.8, 4) is 0 Å². The highest BCUT2D eigenvalue weighted by Crippen LogP contribution is 2.10. The minimum Gasteiger partial charge on any atom is -0.381 e. The van der Waals surface area contributed by atoms with Gasteiger partial charge in [0.05, 0.1) is 6.61 Å². The second-order valence-corrected chi connectivity index (χ2v) is 4.36. The first kappa shape index (κ1) is 13.5. The quantitative estimate of drug-likeness (QED) is 0.668. The van der Waals surface area contributed by atoms with Crippen LogP contribution in [0.5, 0.6) is 0 Å².